The van der Waals surface area contributed by atoms with Gasteiger partial charge < -0.3 is 5.32 Å². The Labute approximate surface area is 93.1 Å². The summed E-state index contributed by atoms with van der Waals surface area (Å²) in [6.45, 7) is 0. The zero-order valence-corrected chi connectivity index (χ0v) is 9.00. The molecule has 4 nitrogen and oxygen atoms in total. The fourth-order valence-electron chi connectivity index (χ4n) is 1.82. The number of carbonyl (C=O) groups is 1. The third kappa shape index (κ3) is 2.65. The number of nitrogens with zero attached hydrogens (tertiary/aromatic N) is 2. The van der Waals surface area contributed by atoms with Crippen molar-refractivity contribution in [1.29, 1.82) is 0 Å². The van der Waals surface area contributed by atoms with Crippen molar-refractivity contribution in [2.24, 2.45) is 5.92 Å². The molecule has 1 aliphatic carbocycles. The van der Waals surface area contributed by atoms with Gasteiger partial charge in [-0.1, -0.05) is 12.8 Å². The summed E-state index contributed by atoms with van der Waals surface area (Å²) in [6, 6.07) is 1.64. The molecule has 2 rings (SSSR count). The standard InChI is InChI=1S/C10H12ClN3O/c11-10-12-6-5-8(14-10)13-9(15)7-3-1-2-4-7/h5-7H,1-4H2,(H,12,13,14,15). The van der Waals surface area contributed by atoms with Gasteiger partial charge in [0.05, 0.1) is 0 Å². The Morgan fingerprint density at radius 2 is 2.20 bits per heavy atom. The van der Waals surface area contributed by atoms with Crippen LogP contribution in [0.25, 0.3) is 0 Å². The third-order valence-electron chi connectivity index (χ3n) is 2.60. The number of amides is 1. The number of carbonyl (C=O) groups excluding carboxylic acids is 1. The van der Waals surface area contributed by atoms with Crippen LogP contribution in [0.2, 0.25) is 5.28 Å². The lowest BCUT2D eigenvalue weighted by molar-refractivity contribution is -0.119. The predicted molar refractivity (Wildman–Crippen MR) is 57.6 cm³/mol. The van der Waals surface area contributed by atoms with Gasteiger partial charge in [-0.2, -0.15) is 0 Å². The molecule has 80 valence electrons. The Bertz CT molecular complexity index is 363. The summed E-state index contributed by atoms with van der Waals surface area (Å²) in [5.41, 5.74) is 0. The molecule has 5 heteroatoms. The third-order valence-corrected chi connectivity index (χ3v) is 2.79. The first-order valence-corrected chi connectivity index (χ1v) is 5.43. The van der Waals surface area contributed by atoms with E-state index in [0.29, 0.717) is 5.82 Å². The molecule has 0 radical (unpaired) electrons. The van der Waals surface area contributed by atoms with Crippen molar-refractivity contribution in [3.8, 4) is 0 Å². The highest BCUT2D eigenvalue weighted by Gasteiger charge is 2.22. The van der Waals surface area contributed by atoms with Crippen LogP contribution in [0, 0.1) is 5.92 Å². The monoisotopic (exact) mass is 225 g/mol. The van der Waals surface area contributed by atoms with Crippen LogP contribution in [0.4, 0.5) is 5.82 Å². The first kappa shape index (κ1) is 10.4. The Kier molecular flexibility index (Phi) is 3.16. The SMILES string of the molecule is O=C(Nc1ccnc(Cl)n1)C1CCCC1. The smallest absolute Gasteiger partial charge is 0.228 e. The molecule has 0 aromatic carbocycles. The number of hydrogen-bond acceptors (Lipinski definition) is 3. The van der Waals surface area contributed by atoms with Crippen molar-refractivity contribution in [2.75, 3.05) is 5.32 Å². The Morgan fingerprint density at radius 3 is 2.87 bits per heavy atom. The van der Waals surface area contributed by atoms with Gasteiger partial charge in [-0.25, -0.2) is 9.97 Å². The van der Waals surface area contributed by atoms with E-state index in [2.05, 4.69) is 15.3 Å². The predicted octanol–water partition coefficient (Wildman–Crippen LogP) is 2.26. The zero-order valence-electron chi connectivity index (χ0n) is 8.24. The summed E-state index contributed by atoms with van der Waals surface area (Å²) < 4.78 is 0. The molecule has 0 bridgehead atoms. The molecule has 1 aliphatic rings. The van der Waals surface area contributed by atoms with Crippen molar-refractivity contribution in [1.82, 2.24) is 9.97 Å². The fraction of sp³-hybridized carbons (Fsp3) is 0.500. The van der Waals surface area contributed by atoms with Gasteiger partial charge in [0, 0.05) is 12.1 Å². The van der Waals surface area contributed by atoms with Crippen LogP contribution in [0.5, 0.6) is 0 Å². The number of rotatable bonds is 2. The van der Waals surface area contributed by atoms with E-state index in [4.69, 9.17) is 11.6 Å². The number of halogens is 1. The van der Waals surface area contributed by atoms with Gasteiger partial charge in [0.15, 0.2) is 0 Å². The van der Waals surface area contributed by atoms with Crippen LogP contribution < -0.4 is 5.32 Å². The second-order valence-corrected chi connectivity index (χ2v) is 4.02. The molecular weight excluding hydrogens is 214 g/mol. The molecule has 1 heterocycles. The van der Waals surface area contributed by atoms with E-state index in [-0.39, 0.29) is 17.1 Å². The fourth-order valence-corrected chi connectivity index (χ4v) is 1.97. The quantitative estimate of drug-likeness (QED) is 0.786. The molecule has 1 aromatic rings. The average Bonchev–Trinajstić information content (AvgIpc) is 2.70. The van der Waals surface area contributed by atoms with Crippen LogP contribution in [-0.4, -0.2) is 15.9 Å². The molecule has 15 heavy (non-hydrogen) atoms. The number of aromatic nitrogens is 2. The highest BCUT2D eigenvalue weighted by atomic mass is 35.5. The Hall–Kier alpha value is -1.16. The number of nitrogens with one attached hydrogen (secondary N) is 1. The molecule has 1 N–H and O–H groups in total. The average molecular weight is 226 g/mol. The lowest BCUT2D eigenvalue weighted by atomic mass is 10.1. The molecule has 0 spiro atoms. The minimum Gasteiger partial charge on any atom is -0.310 e. The summed E-state index contributed by atoms with van der Waals surface area (Å²) >= 11 is 5.61. The first-order valence-electron chi connectivity index (χ1n) is 5.05. The zero-order chi connectivity index (χ0) is 10.7. The van der Waals surface area contributed by atoms with Gasteiger partial charge in [-0.3, -0.25) is 4.79 Å². The maximum Gasteiger partial charge on any atom is 0.228 e. The summed E-state index contributed by atoms with van der Waals surface area (Å²) in [5, 5.41) is 2.90. The van der Waals surface area contributed by atoms with E-state index in [9.17, 15) is 4.79 Å². The van der Waals surface area contributed by atoms with Gasteiger partial charge in [-0.15, -0.1) is 0 Å². The van der Waals surface area contributed by atoms with Crippen LogP contribution in [-0.2, 0) is 4.79 Å². The van der Waals surface area contributed by atoms with Crippen molar-refractivity contribution in [2.45, 2.75) is 25.7 Å². The molecule has 0 aliphatic heterocycles. The lowest BCUT2D eigenvalue weighted by Gasteiger charge is -2.09. The number of hydrogen-bond donors (Lipinski definition) is 1. The van der Waals surface area contributed by atoms with Crippen LogP contribution >= 0.6 is 11.6 Å². The molecule has 0 saturated heterocycles. The largest absolute Gasteiger partial charge is 0.310 e. The normalized spacial score (nSPS) is 16.6. The minimum atomic E-state index is 0.0438. The van der Waals surface area contributed by atoms with Crippen molar-refractivity contribution >= 4 is 23.3 Å². The molecule has 1 aromatic heterocycles. The molecule has 1 saturated carbocycles. The molecule has 0 atom stereocenters. The van der Waals surface area contributed by atoms with E-state index in [1.807, 2.05) is 0 Å². The lowest BCUT2D eigenvalue weighted by Crippen LogP contribution is -2.20. The maximum absolute atomic E-state index is 11.7. The maximum atomic E-state index is 11.7. The van der Waals surface area contributed by atoms with Gasteiger partial charge in [0.2, 0.25) is 11.2 Å². The highest BCUT2D eigenvalue weighted by Crippen LogP contribution is 2.25. The van der Waals surface area contributed by atoms with E-state index < -0.39 is 0 Å². The van der Waals surface area contributed by atoms with Crippen molar-refractivity contribution in [3.05, 3.63) is 17.5 Å². The summed E-state index contributed by atoms with van der Waals surface area (Å²) in [4.78, 5) is 19.4. The summed E-state index contributed by atoms with van der Waals surface area (Å²) in [7, 11) is 0. The first-order chi connectivity index (χ1) is 7.25. The van der Waals surface area contributed by atoms with Gasteiger partial charge in [0.25, 0.3) is 0 Å². The highest BCUT2D eigenvalue weighted by molar-refractivity contribution is 6.28. The van der Waals surface area contributed by atoms with Gasteiger partial charge in [-0.05, 0) is 30.5 Å². The van der Waals surface area contributed by atoms with Gasteiger partial charge in [0.1, 0.15) is 5.82 Å². The topological polar surface area (TPSA) is 54.9 Å². The Balaban J connectivity index is 1.99. The molecule has 0 unspecified atom stereocenters. The summed E-state index contributed by atoms with van der Waals surface area (Å²) in [6.07, 6.45) is 5.76. The minimum absolute atomic E-state index is 0.0438. The van der Waals surface area contributed by atoms with Crippen LogP contribution in [0.3, 0.4) is 0 Å². The molecular formula is C10H12ClN3O. The molecule has 1 amide bonds. The second kappa shape index (κ2) is 4.57. The van der Waals surface area contributed by atoms with E-state index in [1.54, 1.807) is 6.07 Å². The van der Waals surface area contributed by atoms with Crippen molar-refractivity contribution < 1.29 is 4.79 Å². The van der Waals surface area contributed by atoms with Crippen LogP contribution in [0.1, 0.15) is 25.7 Å². The van der Waals surface area contributed by atoms with Crippen LogP contribution in [0.15, 0.2) is 12.3 Å². The van der Waals surface area contributed by atoms with Crippen molar-refractivity contribution in [3.63, 3.8) is 0 Å². The van der Waals surface area contributed by atoms with E-state index in [0.717, 1.165) is 25.7 Å². The number of anilines is 1. The summed E-state index contributed by atoms with van der Waals surface area (Å²) in [5.74, 6) is 0.660. The van der Waals surface area contributed by atoms with E-state index >= 15 is 0 Å². The van der Waals surface area contributed by atoms with Gasteiger partial charge >= 0.3 is 0 Å². The second-order valence-electron chi connectivity index (χ2n) is 3.68. The Morgan fingerprint density at radius 1 is 1.47 bits per heavy atom. The molecule has 1 fully saturated rings. The van der Waals surface area contributed by atoms with E-state index in [1.165, 1.54) is 6.20 Å².